The third-order valence-corrected chi connectivity index (χ3v) is 3.47. The number of benzene rings is 1. The van der Waals surface area contributed by atoms with Gasteiger partial charge < -0.3 is 10.0 Å². The number of aliphatic hydroxyl groups excluding tert-OH is 1. The maximum absolute atomic E-state index is 11.9. The minimum Gasteiger partial charge on any atom is -0.396 e. The van der Waals surface area contributed by atoms with Crippen LogP contribution in [-0.2, 0) is 4.79 Å². The largest absolute Gasteiger partial charge is 0.396 e. The molecule has 1 aliphatic heterocycles. The summed E-state index contributed by atoms with van der Waals surface area (Å²) in [7, 11) is 0. The van der Waals surface area contributed by atoms with Gasteiger partial charge in [0.25, 0.3) is 11.7 Å². The summed E-state index contributed by atoms with van der Waals surface area (Å²) in [5.74, 6) is -0.914. The first kappa shape index (κ1) is 13.2. The van der Waals surface area contributed by atoms with Crippen LogP contribution in [0.15, 0.2) is 16.6 Å². The van der Waals surface area contributed by atoms with E-state index in [0.29, 0.717) is 30.6 Å². The Morgan fingerprint density at radius 2 is 2.00 bits per heavy atom. The standard InChI is InChI=1S/C13H14BrNO3/c1-8-6-9(14)7-10-11(8)15(4-2-3-5-16)13(18)12(10)17/h6-7,16H,2-5H2,1H3. The quantitative estimate of drug-likeness (QED) is 0.684. The van der Waals surface area contributed by atoms with Crippen LogP contribution in [0.2, 0.25) is 0 Å². The predicted octanol–water partition coefficient (Wildman–Crippen LogP) is 2.06. The molecule has 1 aromatic rings. The van der Waals surface area contributed by atoms with Gasteiger partial charge >= 0.3 is 0 Å². The Morgan fingerprint density at radius 3 is 2.67 bits per heavy atom. The highest BCUT2D eigenvalue weighted by atomic mass is 79.9. The van der Waals surface area contributed by atoms with Crippen molar-refractivity contribution in [2.75, 3.05) is 18.1 Å². The van der Waals surface area contributed by atoms with Crippen LogP contribution in [0.25, 0.3) is 0 Å². The van der Waals surface area contributed by atoms with Crippen LogP contribution in [0.4, 0.5) is 5.69 Å². The highest BCUT2D eigenvalue weighted by Crippen LogP contribution is 2.35. The highest BCUT2D eigenvalue weighted by molar-refractivity contribution is 9.10. The fourth-order valence-electron chi connectivity index (χ4n) is 2.20. The van der Waals surface area contributed by atoms with Crippen LogP contribution < -0.4 is 4.90 Å². The topological polar surface area (TPSA) is 57.6 Å². The molecule has 0 unspecified atom stereocenters. The van der Waals surface area contributed by atoms with Crippen molar-refractivity contribution in [2.24, 2.45) is 0 Å². The molecule has 0 spiro atoms. The molecule has 0 saturated heterocycles. The number of carbonyl (C=O) groups excluding carboxylic acids is 2. The maximum atomic E-state index is 11.9. The fraction of sp³-hybridized carbons (Fsp3) is 0.385. The van der Waals surface area contributed by atoms with Gasteiger partial charge in [-0.2, -0.15) is 0 Å². The molecule has 4 nitrogen and oxygen atoms in total. The van der Waals surface area contributed by atoms with Crippen molar-refractivity contribution >= 4 is 33.3 Å². The van der Waals surface area contributed by atoms with Crippen LogP contribution in [0.1, 0.15) is 28.8 Å². The lowest BCUT2D eigenvalue weighted by Crippen LogP contribution is -2.31. The van der Waals surface area contributed by atoms with Gasteiger partial charge in [0, 0.05) is 17.6 Å². The number of unbranched alkanes of at least 4 members (excludes halogenated alkanes) is 1. The Morgan fingerprint density at radius 1 is 1.28 bits per heavy atom. The Balaban J connectivity index is 2.36. The van der Waals surface area contributed by atoms with Crippen molar-refractivity contribution in [1.29, 1.82) is 0 Å². The Bertz CT molecular complexity index is 513. The second kappa shape index (κ2) is 5.20. The molecule has 0 fully saturated rings. The molecule has 0 aromatic heterocycles. The number of nitrogens with zero attached hydrogens (tertiary/aromatic N) is 1. The van der Waals surface area contributed by atoms with Gasteiger partial charge in [-0.1, -0.05) is 15.9 Å². The van der Waals surface area contributed by atoms with Crippen molar-refractivity contribution in [3.63, 3.8) is 0 Å². The number of carbonyl (C=O) groups is 2. The van der Waals surface area contributed by atoms with E-state index in [1.54, 1.807) is 6.07 Å². The monoisotopic (exact) mass is 311 g/mol. The number of anilines is 1. The minimum atomic E-state index is -0.468. The molecule has 0 aliphatic carbocycles. The van der Waals surface area contributed by atoms with Crippen LogP contribution in [0.5, 0.6) is 0 Å². The van der Waals surface area contributed by atoms with Crippen LogP contribution in [0, 0.1) is 6.92 Å². The van der Waals surface area contributed by atoms with Crippen molar-refractivity contribution < 1.29 is 14.7 Å². The molecule has 1 amide bonds. The molecule has 0 saturated carbocycles. The molecular formula is C13H14BrNO3. The number of fused-ring (bicyclic) bond motifs is 1. The van der Waals surface area contributed by atoms with E-state index in [1.165, 1.54) is 4.90 Å². The zero-order chi connectivity index (χ0) is 13.3. The first-order valence-electron chi connectivity index (χ1n) is 5.83. The van der Waals surface area contributed by atoms with E-state index in [2.05, 4.69) is 15.9 Å². The number of hydrogen-bond acceptors (Lipinski definition) is 3. The molecule has 0 bridgehead atoms. The average Bonchev–Trinajstić information content (AvgIpc) is 2.55. The number of amides is 1. The molecule has 1 aliphatic rings. The lowest BCUT2D eigenvalue weighted by Gasteiger charge is -2.18. The van der Waals surface area contributed by atoms with Crippen molar-refractivity contribution in [2.45, 2.75) is 19.8 Å². The number of Topliss-reactive ketones (excluding diaryl/α,β-unsaturated/α-hetero) is 1. The predicted molar refractivity (Wildman–Crippen MR) is 71.9 cm³/mol. The molecule has 1 N–H and O–H groups in total. The Labute approximate surface area is 114 Å². The second-order valence-corrected chi connectivity index (χ2v) is 5.25. The average molecular weight is 312 g/mol. The number of halogens is 1. The third kappa shape index (κ3) is 2.20. The SMILES string of the molecule is Cc1cc(Br)cc2c1N(CCCCO)C(=O)C2=O. The Hall–Kier alpha value is -1.20. The Kier molecular flexibility index (Phi) is 3.82. The zero-order valence-corrected chi connectivity index (χ0v) is 11.7. The van der Waals surface area contributed by atoms with Gasteiger partial charge in [-0.3, -0.25) is 9.59 Å². The van der Waals surface area contributed by atoms with Gasteiger partial charge in [0.15, 0.2) is 0 Å². The van der Waals surface area contributed by atoms with Crippen LogP contribution in [-0.4, -0.2) is 29.9 Å². The van der Waals surface area contributed by atoms with E-state index in [-0.39, 0.29) is 6.61 Å². The van der Waals surface area contributed by atoms with E-state index in [0.717, 1.165) is 10.0 Å². The van der Waals surface area contributed by atoms with Crippen molar-refractivity contribution in [3.8, 4) is 0 Å². The number of ketones is 1. The van der Waals surface area contributed by atoms with E-state index in [4.69, 9.17) is 5.11 Å². The summed E-state index contributed by atoms with van der Waals surface area (Å²) in [6.07, 6.45) is 1.31. The smallest absolute Gasteiger partial charge is 0.299 e. The van der Waals surface area contributed by atoms with E-state index < -0.39 is 11.7 Å². The molecular weight excluding hydrogens is 298 g/mol. The summed E-state index contributed by atoms with van der Waals surface area (Å²) >= 11 is 3.33. The summed E-state index contributed by atoms with van der Waals surface area (Å²) in [6, 6.07) is 3.58. The molecule has 5 heteroatoms. The van der Waals surface area contributed by atoms with Gasteiger partial charge in [-0.25, -0.2) is 0 Å². The van der Waals surface area contributed by atoms with E-state index in [1.807, 2.05) is 13.0 Å². The van der Waals surface area contributed by atoms with E-state index >= 15 is 0 Å². The van der Waals surface area contributed by atoms with Gasteiger partial charge in [0.05, 0.1) is 11.3 Å². The number of hydrogen-bond donors (Lipinski definition) is 1. The van der Waals surface area contributed by atoms with Crippen LogP contribution >= 0.6 is 15.9 Å². The minimum absolute atomic E-state index is 0.0994. The van der Waals surface area contributed by atoms with Gasteiger partial charge in [0.1, 0.15) is 0 Å². The molecule has 1 aromatic carbocycles. The number of rotatable bonds is 4. The first-order valence-corrected chi connectivity index (χ1v) is 6.62. The molecule has 0 atom stereocenters. The number of aliphatic hydroxyl groups is 1. The second-order valence-electron chi connectivity index (χ2n) is 4.34. The normalized spacial score (nSPS) is 14.3. The zero-order valence-electron chi connectivity index (χ0n) is 10.1. The molecule has 1 heterocycles. The van der Waals surface area contributed by atoms with Gasteiger partial charge in [-0.15, -0.1) is 0 Å². The lowest BCUT2D eigenvalue weighted by molar-refractivity contribution is -0.114. The van der Waals surface area contributed by atoms with E-state index in [9.17, 15) is 9.59 Å². The first-order chi connectivity index (χ1) is 8.56. The molecule has 2 rings (SSSR count). The molecule has 18 heavy (non-hydrogen) atoms. The molecule has 0 radical (unpaired) electrons. The lowest BCUT2D eigenvalue weighted by atomic mass is 10.1. The summed E-state index contributed by atoms with van der Waals surface area (Å²) in [5.41, 5.74) is 2.09. The summed E-state index contributed by atoms with van der Waals surface area (Å²) in [5, 5.41) is 8.77. The van der Waals surface area contributed by atoms with Gasteiger partial charge in [-0.05, 0) is 37.5 Å². The summed E-state index contributed by atoms with van der Waals surface area (Å²) < 4.78 is 0.803. The summed E-state index contributed by atoms with van der Waals surface area (Å²) in [6.45, 7) is 2.46. The molecule has 96 valence electrons. The number of aryl methyl sites for hydroxylation is 1. The third-order valence-electron chi connectivity index (χ3n) is 3.01. The van der Waals surface area contributed by atoms with Crippen molar-refractivity contribution in [1.82, 2.24) is 0 Å². The highest BCUT2D eigenvalue weighted by Gasteiger charge is 2.36. The van der Waals surface area contributed by atoms with Crippen LogP contribution in [0.3, 0.4) is 0 Å². The fourth-order valence-corrected chi connectivity index (χ4v) is 2.77. The summed E-state index contributed by atoms with van der Waals surface area (Å²) in [4.78, 5) is 25.3. The maximum Gasteiger partial charge on any atom is 0.299 e. The van der Waals surface area contributed by atoms with Gasteiger partial charge in [0.2, 0.25) is 0 Å². The van der Waals surface area contributed by atoms with Crippen molar-refractivity contribution in [3.05, 3.63) is 27.7 Å².